The average Bonchev–Trinajstić information content (AvgIpc) is 2.28. The molecule has 3 nitrogen and oxygen atoms in total. The highest BCUT2D eigenvalue weighted by Crippen LogP contribution is 2.24. The van der Waals surface area contributed by atoms with Crippen LogP contribution in [0.4, 0.5) is 5.82 Å². The lowest BCUT2D eigenvalue weighted by Gasteiger charge is -2.11. The van der Waals surface area contributed by atoms with Crippen LogP contribution in [0.15, 0.2) is 42.6 Å². The van der Waals surface area contributed by atoms with E-state index < -0.39 is 0 Å². The third-order valence-electron chi connectivity index (χ3n) is 2.32. The Kier molecular flexibility index (Phi) is 3.28. The molecular formula is C14H16N2O. The van der Waals surface area contributed by atoms with E-state index in [2.05, 4.69) is 4.98 Å². The Morgan fingerprint density at radius 3 is 2.59 bits per heavy atom. The van der Waals surface area contributed by atoms with E-state index in [1.54, 1.807) is 6.20 Å². The maximum Gasteiger partial charge on any atom is 0.123 e. The van der Waals surface area contributed by atoms with Crippen LogP contribution in [0.2, 0.25) is 0 Å². The van der Waals surface area contributed by atoms with Crippen molar-refractivity contribution in [2.75, 3.05) is 5.73 Å². The fraction of sp³-hybridized carbons (Fsp3) is 0.214. The van der Waals surface area contributed by atoms with Gasteiger partial charge in [-0.05, 0) is 49.2 Å². The van der Waals surface area contributed by atoms with E-state index in [1.807, 2.05) is 50.2 Å². The van der Waals surface area contributed by atoms with Crippen LogP contribution >= 0.6 is 0 Å². The lowest BCUT2D eigenvalue weighted by Crippen LogP contribution is -2.05. The van der Waals surface area contributed by atoms with E-state index >= 15 is 0 Å². The molecule has 0 saturated carbocycles. The van der Waals surface area contributed by atoms with Gasteiger partial charge in [-0.1, -0.05) is 12.1 Å². The highest BCUT2D eigenvalue weighted by atomic mass is 16.5. The molecule has 0 amide bonds. The van der Waals surface area contributed by atoms with Crippen LogP contribution < -0.4 is 10.5 Å². The second-order valence-electron chi connectivity index (χ2n) is 4.16. The minimum Gasteiger partial charge on any atom is -0.491 e. The van der Waals surface area contributed by atoms with E-state index in [0.717, 1.165) is 16.9 Å². The van der Waals surface area contributed by atoms with E-state index in [4.69, 9.17) is 10.5 Å². The van der Waals surface area contributed by atoms with Gasteiger partial charge in [-0.15, -0.1) is 0 Å². The molecule has 0 saturated heterocycles. The topological polar surface area (TPSA) is 48.1 Å². The van der Waals surface area contributed by atoms with Crippen LogP contribution in [0.1, 0.15) is 13.8 Å². The summed E-state index contributed by atoms with van der Waals surface area (Å²) in [6.45, 7) is 4.02. The summed E-state index contributed by atoms with van der Waals surface area (Å²) in [5.74, 6) is 1.39. The van der Waals surface area contributed by atoms with E-state index in [9.17, 15) is 0 Å². The molecule has 1 aromatic carbocycles. The highest BCUT2D eigenvalue weighted by Gasteiger charge is 2.02. The molecule has 17 heavy (non-hydrogen) atoms. The van der Waals surface area contributed by atoms with Crippen molar-refractivity contribution in [3.05, 3.63) is 42.6 Å². The second-order valence-corrected chi connectivity index (χ2v) is 4.16. The van der Waals surface area contributed by atoms with Gasteiger partial charge >= 0.3 is 0 Å². The van der Waals surface area contributed by atoms with Gasteiger partial charge in [0.2, 0.25) is 0 Å². The number of nitrogens with zero attached hydrogens (tertiary/aromatic N) is 1. The summed E-state index contributed by atoms with van der Waals surface area (Å²) in [6.07, 6.45) is 1.88. The van der Waals surface area contributed by atoms with Crippen LogP contribution in [0.25, 0.3) is 11.1 Å². The van der Waals surface area contributed by atoms with Crippen molar-refractivity contribution in [1.82, 2.24) is 4.98 Å². The Hall–Kier alpha value is -2.03. The van der Waals surface area contributed by atoms with Gasteiger partial charge in [0, 0.05) is 6.20 Å². The van der Waals surface area contributed by atoms with E-state index in [0.29, 0.717) is 5.82 Å². The van der Waals surface area contributed by atoms with Gasteiger partial charge in [0.25, 0.3) is 0 Å². The molecule has 1 heterocycles. The van der Waals surface area contributed by atoms with Crippen molar-refractivity contribution >= 4 is 5.82 Å². The monoisotopic (exact) mass is 228 g/mol. The van der Waals surface area contributed by atoms with Gasteiger partial charge in [0.15, 0.2) is 0 Å². The summed E-state index contributed by atoms with van der Waals surface area (Å²) in [7, 11) is 0. The van der Waals surface area contributed by atoms with Gasteiger partial charge in [-0.25, -0.2) is 4.98 Å². The number of benzene rings is 1. The number of anilines is 1. The predicted octanol–water partition coefficient (Wildman–Crippen LogP) is 3.12. The van der Waals surface area contributed by atoms with Crippen LogP contribution in [0.3, 0.4) is 0 Å². The van der Waals surface area contributed by atoms with Crippen molar-refractivity contribution < 1.29 is 4.74 Å². The fourth-order valence-corrected chi connectivity index (χ4v) is 1.65. The molecule has 0 bridgehead atoms. The van der Waals surface area contributed by atoms with Crippen LogP contribution in [0, 0.1) is 0 Å². The average molecular weight is 228 g/mol. The largest absolute Gasteiger partial charge is 0.491 e. The molecule has 0 aliphatic rings. The standard InChI is InChI=1S/C14H16N2O/c1-10(2)17-13-5-3-4-11(8-13)12-6-7-16-14(15)9-12/h3-10H,1-2H3,(H2,15,16). The van der Waals surface area contributed by atoms with E-state index in [-0.39, 0.29) is 6.10 Å². The first kappa shape index (κ1) is 11.5. The van der Waals surface area contributed by atoms with Gasteiger partial charge in [0.1, 0.15) is 11.6 Å². The van der Waals surface area contributed by atoms with Gasteiger partial charge in [0.05, 0.1) is 6.10 Å². The molecular weight excluding hydrogens is 212 g/mol. The maximum atomic E-state index is 5.67. The molecule has 0 radical (unpaired) electrons. The van der Waals surface area contributed by atoms with Crippen LogP contribution in [-0.4, -0.2) is 11.1 Å². The number of aromatic nitrogens is 1. The number of nitrogen functional groups attached to an aromatic ring is 1. The lowest BCUT2D eigenvalue weighted by atomic mass is 10.1. The molecule has 0 atom stereocenters. The van der Waals surface area contributed by atoms with Crippen molar-refractivity contribution in [3.63, 3.8) is 0 Å². The van der Waals surface area contributed by atoms with Gasteiger partial charge in [-0.3, -0.25) is 0 Å². The minimum atomic E-state index is 0.174. The van der Waals surface area contributed by atoms with Crippen molar-refractivity contribution in [2.24, 2.45) is 0 Å². The lowest BCUT2D eigenvalue weighted by molar-refractivity contribution is 0.242. The maximum absolute atomic E-state index is 5.67. The van der Waals surface area contributed by atoms with Crippen LogP contribution in [-0.2, 0) is 0 Å². The Morgan fingerprint density at radius 1 is 1.12 bits per heavy atom. The minimum absolute atomic E-state index is 0.174. The highest BCUT2D eigenvalue weighted by molar-refractivity contribution is 5.67. The number of ether oxygens (including phenoxy) is 1. The first-order valence-electron chi connectivity index (χ1n) is 5.64. The number of rotatable bonds is 3. The first-order valence-corrected chi connectivity index (χ1v) is 5.64. The molecule has 88 valence electrons. The van der Waals surface area contributed by atoms with E-state index in [1.165, 1.54) is 0 Å². The van der Waals surface area contributed by atoms with Gasteiger partial charge < -0.3 is 10.5 Å². The number of hydrogen-bond donors (Lipinski definition) is 1. The molecule has 0 aliphatic carbocycles. The fourth-order valence-electron chi connectivity index (χ4n) is 1.65. The van der Waals surface area contributed by atoms with Crippen molar-refractivity contribution in [2.45, 2.75) is 20.0 Å². The Bertz CT molecular complexity index is 509. The molecule has 2 aromatic rings. The summed E-state index contributed by atoms with van der Waals surface area (Å²) in [5, 5.41) is 0. The number of hydrogen-bond acceptors (Lipinski definition) is 3. The third-order valence-corrected chi connectivity index (χ3v) is 2.32. The summed E-state index contributed by atoms with van der Waals surface area (Å²) in [4.78, 5) is 3.98. The Morgan fingerprint density at radius 2 is 1.88 bits per heavy atom. The molecule has 2 rings (SSSR count). The third kappa shape index (κ3) is 2.97. The quantitative estimate of drug-likeness (QED) is 0.878. The zero-order valence-corrected chi connectivity index (χ0v) is 10.1. The smallest absolute Gasteiger partial charge is 0.123 e. The predicted molar refractivity (Wildman–Crippen MR) is 69.8 cm³/mol. The normalized spacial score (nSPS) is 10.5. The number of pyridine rings is 1. The number of nitrogens with two attached hydrogens (primary N) is 1. The zero-order chi connectivity index (χ0) is 12.3. The molecule has 1 aromatic heterocycles. The first-order chi connectivity index (χ1) is 8.15. The molecule has 0 unspecified atom stereocenters. The molecule has 2 N–H and O–H groups in total. The van der Waals surface area contributed by atoms with Gasteiger partial charge in [-0.2, -0.15) is 0 Å². The molecule has 3 heteroatoms. The molecule has 0 aliphatic heterocycles. The summed E-state index contributed by atoms with van der Waals surface area (Å²) >= 11 is 0. The summed E-state index contributed by atoms with van der Waals surface area (Å²) < 4.78 is 5.66. The van der Waals surface area contributed by atoms with Crippen molar-refractivity contribution in [1.29, 1.82) is 0 Å². The van der Waals surface area contributed by atoms with Crippen LogP contribution in [0.5, 0.6) is 5.75 Å². The zero-order valence-electron chi connectivity index (χ0n) is 10.1. The Labute approximate surface area is 101 Å². The summed E-state index contributed by atoms with van der Waals surface area (Å²) in [5.41, 5.74) is 7.80. The molecule has 0 fully saturated rings. The summed E-state index contributed by atoms with van der Waals surface area (Å²) in [6, 6.07) is 11.8. The molecule has 0 spiro atoms. The second kappa shape index (κ2) is 4.87. The SMILES string of the molecule is CC(C)Oc1cccc(-c2ccnc(N)c2)c1. The van der Waals surface area contributed by atoms with Crippen molar-refractivity contribution in [3.8, 4) is 16.9 Å². The Balaban J connectivity index is 2.33.